The van der Waals surface area contributed by atoms with E-state index in [2.05, 4.69) is 39.3 Å². The van der Waals surface area contributed by atoms with Gasteiger partial charge in [-0.1, -0.05) is 13.8 Å². The summed E-state index contributed by atoms with van der Waals surface area (Å²) in [6, 6.07) is 3.94. The maximum absolute atomic E-state index is 4.48. The number of anilines is 1. The van der Waals surface area contributed by atoms with Crippen LogP contribution in [0.3, 0.4) is 0 Å². The first-order chi connectivity index (χ1) is 8.15. The van der Waals surface area contributed by atoms with E-state index in [0.29, 0.717) is 18.4 Å². The molecule has 0 aromatic carbocycles. The normalized spacial score (nSPS) is 10.8. The van der Waals surface area contributed by atoms with E-state index in [1.807, 2.05) is 19.1 Å². The second-order valence-electron chi connectivity index (χ2n) is 4.35. The highest BCUT2D eigenvalue weighted by molar-refractivity contribution is 5.29. The summed E-state index contributed by atoms with van der Waals surface area (Å²) in [4.78, 5) is 8.84. The number of aromatic nitrogens is 4. The highest BCUT2D eigenvalue weighted by Gasteiger charge is 2.05. The number of hydrogen-bond donors (Lipinski definition) is 2. The van der Waals surface area contributed by atoms with Crippen LogP contribution in [0.5, 0.6) is 0 Å². The van der Waals surface area contributed by atoms with Crippen LogP contribution in [0.2, 0.25) is 0 Å². The van der Waals surface area contributed by atoms with Gasteiger partial charge in [0.2, 0.25) is 5.95 Å². The van der Waals surface area contributed by atoms with Crippen LogP contribution < -0.4 is 5.32 Å². The standard InChI is InChI=1S/C12H17N5/c1-8(2)11-6-9(3)15-12(16-11)13-7-10-4-5-14-17-10/h4-6,8H,7H2,1-3H3,(H,14,17)(H,13,15,16). The molecule has 2 aromatic rings. The molecule has 2 aromatic heterocycles. The zero-order chi connectivity index (χ0) is 12.3. The van der Waals surface area contributed by atoms with Gasteiger partial charge in [-0.05, 0) is 25.0 Å². The van der Waals surface area contributed by atoms with E-state index in [9.17, 15) is 0 Å². The fourth-order valence-corrected chi connectivity index (χ4v) is 1.53. The largest absolute Gasteiger partial charge is 0.349 e. The summed E-state index contributed by atoms with van der Waals surface area (Å²) in [5.41, 5.74) is 3.06. The van der Waals surface area contributed by atoms with Crippen molar-refractivity contribution in [3.8, 4) is 0 Å². The summed E-state index contributed by atoms with van der Waals surface area (Å²) in [5, 5.41) is 9.97. The Hall–Kier alpha value is -1.91. The third-order valence-electron chi connectivity index (χ3n) is 2.46. The lowest BCUT2D eigenvalue weighted by molar-refractivity contribution is 0.807. The molecule has 0 aliphatic carbocycles. The SMILES string of the molecule is Cc1cc(C(C)C)nc(NCc2ccn[nH]2)n1. The Morgan fingerprint density at radius 1 is 1.35 bits per heavy atom. The number of nitrogens with zero attached hydrogens (tertiary/aromatic N) is 3. The molecular formula is C12H17N5. The minimum atomic E-state index is 0.407. The second-order valence-corrected chi connectivity index (χ2v) is 4.35. The van der Waals surface area contributed by atoms with Crippen LogP contribution in [0.15, 0.2) is 18.3 Å². The highest BCUT2D eigenvalue weighted by atomic mass is 15.1. The molecular weight excluding hydrogens is 214 g/mol. The van der Waals surface area contributed by atoms with Gasteiger partial charge in [0, 0.05) is 17.6 Å². The minimum absolute atomic E-state index is 0.407. The molecule has 0 amide bonds. The molecule has 2 rings (SSSR count). The molecule has 0 fully saturated rings. The smallest absolute Gasteiger partial charge is 0.223 e. The first kappa shape index (κ1) is 11.6. The van der Waals surface area contributed by atoms with Gasteiger partial charge in [-0.2, -0.15) is 5.10 Å². The van der Waals surface area contributed by atoms with E-state index < -0.39 is 0 Å². The van der Waals surface area contributed by atoms with Gasteiger partial charge in [0.15, 0.2) is 0 Å². The quantitative estimate of drug-likeness (QED) is 0.847. The van der Waals surface area contributed by atoms with Gasteiger partial charge in [0.1, 0.15) is 0 Å². The minimum Gasteiger partial charge on any atom is -0.349 e. The summed E-state index contributed by atoms with van der Waals surface area (Å²) in [7, 11) is 0. The van der Waals surface area contributed by atoms with E-state index in [1.54, 1.807) is 6.20 Å². The molecule has 5 heteroatoms. The van der Waals surface area contributed by atoms with E-state index in [-0.39, 0.29) is 0 Å². The van der Waals surface area contributed by atoms with Gasteiger partial charge in [-0.3, -0.25) is 5.10 Å². The van der Waals surface area contributed by atoms with E-state index >= 15 is 0 Å². The lowest BCUT2D eigenvalue weighted by Gasteiger charge is -2.09. The fraction of sp³-hybridized carbons (Fsp3) is 0.417. The summed E-state index contributed by atoms with van der Waals surface area (Å²) in [6.07, 6.45) is 1.73. The Labute approximate surface area is 101 Å². The van der Waals surface area contributed by atoms with Gasteiger partial charge in [-0.15, -0.1) is 0 Å². The molecule has 0 bridgehead atoms. The Morgan fingerprint density at radius 2 is 2.18 bits per heavy atom. The van der Waals surface area contributed by atoms with Crippen molar-refractivity contribution < 1.29 is 0 Å². The molecule has 0 aliphatic heterocycles. The molecule has 2 heterocycles. The predicted octanol–water partition coefficient (Wildman–Crippen LogP) is 2.24. The summed E-state index contributed by atoms with van der Waals surface area (Å²) >= 11 is 0. The number of aromatic amines is 1. The number of nitrogens with one attached hydrogen (secondary N) is 2. The molecule has 90 valence electrons. The monoisotopic (exact) mass is 231 g/mol. The van der Waals surface area contributed by atoms with Crippen molar-refractivity contribution in [1.82, 2.24) is 20.2 Å². The first-order valence-electron chi connectivity index (χ1n) is 5.73. The molecule has 0 aliphatic rings. The van der Waals surface area contributed by atoms with Crippen LogP contribution in [0.4, 0.5) is 5.95 Å². The van der Waals surface area contributed by atoms with Crippen molar-refractivity contribution in [2.24, 2.45) is 0 Å². The zero-order valence-electron chi connectivity index (χ0n) is 10.4. The van der Waals surface area contributed by atoms with Gasteiger partial charge in [0.25, 0.3) is 0 Å². The van der Waals surface area contributed by atoms with Gasteiger partial charge in [-0.25, -0.2) is 9.97 Å². The van der Waals surface area contributed by atoms with Crippen LogP contribution in [0.25, 0.3) is 0 Å². The highest BCUT2D eigenvalue weighted by Crippen LogP contribution is 2.14. The first-order valence-corrected chi connectivity index (χ1v) is 5.73. The average Bonchev–Trinajstić information content (AvgIpc) is 2.78. The zero-order valence-corrected chi connectivity index (χ0v) is 10.4. The van der Waals surface area contributed by atoms with Crippen molar-refractivity contribution in [1.29, 1.82) is 0 Å². The van der Waals surface area contributed by atoms with Crippen LogP contribution in [-0.2, 0) is 6.54 Å². The molecule has 0 saturated heterocycles. The molecule has 5 nitrogen and oxygen atoms in total. The molecule has 0 unspecified atom stereocenters. The lowest BCUT2D eigenvalue weighted by Crippen LogP contribution is -2.07. The predicted molar refractivity (Wildman–Crippen MR) is 66.8 cm³/mol. The maximum atomic E-state index is 4.48. The number of hydrogen-bond acceptors (Lipinski definition) is 4. The fourth-order valence-electron chi connectivity index (χ4n) is 1.53. The molecule has 0 atom stereocenters. The third kappa shape index (κ3) is 3.03. The topological polar surface area (TPSA) is 66.5 Å². The van der Waals surface area contributed by atoms with Crippen molar-refractivity contribution in [3.05, 3.63) is 35.4 Å². The Bertz CT molecular complexity index is 476. The van der Waals surface area contributed by atoms with Crippen LogP contribution in [0.1, 0.15) is 36.8 Å². The molecule has 0 spiro atoms. The van der Waals surface area contributed by atoms with Gasteiger partial charge < -0.3 is 5.32 Å². The number of aryl methyl sites for hydroxylation is 1. The van der Waals surface area contributed by atoms with Crippen LogP contribution >= 0.6 is 0 Å². The molecule has 17 heavy (non-hydrogen) atoms. The summed E-state index contributed by atoms with van der Waals surface area (Å²) in [5.74, 6) is 1.08. The van der Waals surface area contributed by atoms with Crippen molar-refractivity contribution in [2.45, 2.75) is 33.2 Å². The Kier molecular flexibility index (Phi) is 3.37. The molecule has 0 saturated carbocycles. The lowest BCUT2D eigenvalue weighted by atomic mass is 10.1. The third-order valence-corrected chi connectivity index (χ3v) is 2.46. The Balaban J connectivity index is 2.10. The van der Waals surface area contributed by atoms with Crippen LogP contribution in [-0.4, -0.2) is 20.2 Å². The maximum Gasteiger partial charge on any atom is 0.223 e. The molecule has 2 N–H and O–H groups in total. The molecule has 0 radical (unpaired) electrons. The van der Waals surface area contributed by atoms with Gasteiger partial charge >= 0.3 is 0 Å². The second kappa shape index (κ2) is 4.95. The van der Waals surface area contributed by atoms with E-state index in [0.717, 1.165) is 17.1 Å². The summed E-state index contributed by atoms with van der Waals surface area (Å²) < 4.78 is 0. The van der Waals surface area contributed by atoms with Crippen molar-refractivity contribution in [2.75, 3.05) is 5.32 Å². The van der Waals surface area contributed by atoms with Gasteiger partial charge in [0.05, 0.1) is 12.2 Å². The summed E-state index contributed by atoms with van der Waals surface area (Å²) in [6.45, 7) is 6.89. The van der Waals surface area contributed by atoms with Crippen molar-refractivity contribution >= 4 is 5.95 Å². The van der Waals surface area contributed by atoms with E-state index in [1.165, 1.54) is 0 Å². The number of rotatable bonds is 4. The van der Waals surface area contributed by atoms with Crippen LogP contribution in [0, 0.1) is 6.92 Å². The van der Waals surface area contributed by atoms with Crippen molar-refractivity contribution in [3.63, 3.8) is 0 Å². The average molecular weight is 231 g/mol. The Morgan fingerprint density at radius 3 is 2.82 bits per heavy atom. The number of H-pyrrole nitrogens is 1. The van der Waals surface area contributed by atoms with E-state index in [4.69, 9.17) is 0 Å².